The predicted molar refractivity (Wildman–Crippen MR) is 73.2 cm³/mol. The Morgan fingerprint density at radius 3 is 2.39 bits per heavy atom. The minimum Gasteiger partial charge on any atom is -0.192 e. The SMILES string of the molecule is N#Cc1ccc(-c2ccccc2)c(C2CCC2)c1. The van der Waals surface area contributed by atoms with Crippen LogP contribution in [0.5, 0.6) is 0 Å². The Bertz CT molecular complexity index is 589. The van der Waals surface area contributed by atoms with Gasteiger partial charge in [-0.05, 0) is 47.6 Å². The molecule has 0 amide bonds. The zero-order valence-electron chi connectivity index (χ0n) is 10.3. The van der Waals surface area contributed by atoms with Gasteiger partial charge in [0.1, 0.15) is 0 Å². The molecule has 0 bridgehead atoms. The van der Waals surface area contributed by atoms with Crippen LogP contribution in [0, 0.1) is 11.3 Å². The van der Waals surface area contributed by atoms with E-state index in [4.69, 9.17) is 5.26 Å². The number of rotatable bonds is 2. The standard InChI is InChI=1S/C17H15N/c18-12-13-9-10-16(14-5-2-1-3-6-14)17(11-13)15-7-4-8-15/h1-3,5-6,9-11,15H,4,7-8H2. The lowest BCUT2D eigenvalue weighted by molar-refractivity contribution is 0.420. The first-order valence-corrected chi connectivity index (χ1v) is 6.48. The van der Waals surface area contributed by atoms with Gasteiger partial charge in [0, 0.05) is 0 Å². The van der Waals surface area contributed by atoms with Crippen LogP contribution in [-0.2, 0) is 0 Å². The monoisotopic (exact) mass is 233 g/mol. The van der Waals surface area contributed by atoms with Crippen molar-refractivity contribution in [3.05, 3.63) is 59.7 Å². The largest absolute Gasteiger partial charge is 0.192 e. The highest BCUT2D eigenvalue weighted by molar-refractivity contribution is 5.69. The second kappa shape index (κ2) is 4.66. The Morgan fingerprint density at radius 1 is 1.00 bits per heavy atom. The van der Waals surface area contributed by atoms with Gasteiger partial charge in [-0.2, -0.15) is 5.26 Å². The molecule has 2 aromatic rings. The van der Waals surface area contributed by atoms with Crippen molar-refractivity contribution in [2.75, 3.05) is 0 Å². The van der Waals surface area contributed by atoms with Gasteiger partial charge >= 0.3 is 0 Å². The van der Waals surface area contributed by atoms with Gasteiger partial charge in [0.2, 0.25) is 0 Å². The van der Waals surface area contributed by atoms with Gasteiger partial charge < -0.3 is 0 Å². The zero-order valence-corrected chi connectivity index (χ0v) is 10.3. The first-order valence-electron chi connectivity index (χ1n) is 6.48. The lowest BCUT2D eigenvalue weighted by Crippen LogP contribution is -2.10. The van der Waals surface area contributed by atoms with Gasteiger partial charge in [0.15, 0.2) is 0 Å². The highest BCUT2D eigenvalue weighted by Crippen LogP contribution is 2.41. The number of nitrogens with zero attached hydrogens (tertiary/aromatic N) is 1. The smallest absolute Gasteiger partial charge is 0.0991 e. The molecule has 0 N–H and O–H groups in total. The summed E-state index contributed by atoms with van der Waals surface area (Å²) in [5.74, 6) is 0.647. The first kappa shape index (κ1) is 11.0. The summed E-state index contributed by atoms with van der Waals surface area (Å²) in [6, 6.07) is 18.8. The number of hydrogen-bond donors (Lipinski definition) is 0. The van der Waals surface area contributed by atoms with Gasteiger partial charge in [-0.15, -0.1) is 0 Å². The maximum Gasteiger partial charge on any atom is 0.0991 e. The molecule has 3 rings (SSSR count). The number of hydrogen-bond acceptors (Lipinski definition) is 1. The average Bonchev–Trinajstić information content (AvgIpc) is 2.38. The fraction of sp³-hybridized carbons (Fsp3) is 0.235. The van der Waals surface area contributed by atoms with Crippen molar-refractivity contribution in [2.45, 2.75) is 25.2 Å². The van der Waals surface area contributed by atoms with Gasteiger partial charge in [-0.25, -0.2) is 0 Å². The molecule has 0 saturated heterocycles. The van der Waals surface area contributed by atoms with Crippen molar-refractivity contribution in [1.29, 1.82) is 5.26 Å². The molecular weight excluding hydrogens is 218 g/mol. The molecule has 2 aromatic carbocycles. The summed E-state index contributed by atoms with van der Waals surface area (Å²) in [7, 11) is 0. The molecule has 0 spiro atoms. The molecule has 0 atom stereocenters. The van der Waals surface area contributed by atoms with Crippen molar-refractivity contribution in [3.8, 4) is 17.2 Å². The van der Waals surface area contributed by atoms with E-state index in [0.29, 0.717) is 5.92 Å². The van der Waals surface area contributed by atoms with E-state index in [1.165, 1.54) is 36.0 Å². The molecule has 88 valence electrons. The quantitative estimate of drug-likeness (QED) is 0.749. The molecule has 0 radical (unpaired) electrons. The minimum absolute atomic E-state index is 0.647. The predicted octanol–water partition coefficient (Wildman–Crippen LogP) is 4.49. The lowest BCUT2D eigenvalue weighted by Gasteiger charge is -2.28. The van der Waals surface area contributed by atoms with Crippen LogP contribution in [-0.4, -0.2) is 0 Å². The van der Waals surface area contributed by atoms with Gasteiger partial charge in [-0.1, -0.05) is 42.8 Å². The van der Waals surface area contributed by atoms with E-state index in [9.17, 15) is 0 Å². The third-order valence-corrected chi connectivity index (χ3v) is 3.81. The Balaban J connectivity index is 2.11. The second-order valence-corrected chi connectivity index (χ2v) is 4.91. The van der Waals surface area contributed by atoms with Crippen molar-refractivity contribution in [3.63, 3.8) is 0 Å². The summed E-state index contributed by atoms with van der Waals surface area (Å²) >= 11 is 0. The van der Waals surface area contributed by atoms with Crippen LogP contribution in [0.25, 0.3) is 11.1 Å². The molecule has 0 aromatic heterocycles. The first-order chi connectivity index (χ1) is 8.88. The van der Waals surface area contributed by atoms with E-state index < -0.39 is 0 Å². The topological polar surface area (TPSA) is 23.8 Å². The fourth-order valence-electron chi connectivity index (χ4n) is 2.57. The molecular formula is C17H15N. The molecule has 0 unspecified atom stereocenters. The Labute approximate surface area is 108 Å². The molecule has 18 heavy (non-hydrogen) atoms. The zero-order chi connectivity index (χ0) is 12.4. The van der Waals surface area contributed by atoms with Crippen molar-refractivity contribution < 1.29 is 0 Å². The normalized spacial score (nSPS) is 14.8. The number of benzene rings is 2. The second-order valence-electron chi connectivity index (χ2n) is 4.91. The Hall–Kier alpha value is -2.07. The van der Waals surface area contributed by atoms with Crippen LogP contribution in [0.15, 0.2) is 48.5 Å². The molecule has 1 nitrogen and oxygen atoms in total. The fourth-order valence-corrected chi connectivity index (χ4v) is 2.57. The van der Waals surface area contributed by atoms with Crippen molar-refractivity contribution >= 4 is 0 Å². The molecule has 0 aliphatic heterocycles. The molecule has 1 saturated carbocycles. The third kappa shape index (κ3) is 1.91. The lowest BCUT2D eigenvalue weighted by atomic mass is 9.76. The van der Waals surface area contributed by atoms with E-state index in [0.717, 1.165) is 5.56 Å². The summed E-state index contributed by atoms with van der Waals surface area (Å²) in [6.45, 7) is 0. The number of nitriles is 1. The van der Waals surface area contributed by atoms with Crippen LogP contribution in [0.1, 0.15) is 36.3 Å². The minimum atomic E-state index is 0.647. The van der Waals surface area contributed by atoms with Crippen LogP contribution in [0.2, 0.25) is 0 Å². The van der Waals surface area contributed by atoms with Gasteiger partial charge in [0.25, 0.3) is 0 Å². The average molecular weight is 233 g/mol. The molecule has 1 aliphatic carbocycles. The molecule has 1 fully saturated rings. The summed E-state index contributed by atoms with van der Waals surface area (Å²) in [4.78, 5) is 0. The maximum atomic E-state index is 9.05. The van der Waals surface area contributed by atoms with Crippen molar-refractivity contribution in [1.82, 2.24) is 0 Å². The summed E-state index contributed by atoms with van der Waals surface area (Å²) in [5.41, 5.74) is 4.67. The van der Waals surface area contributed by atoms with Crippen molar-refractivity contribution in [2.24, 2.45) is 0 Å². The summed E-state index contributed by atoms with van der Waals surface area (Å²) in [6.07, 6.45) is 3.83. The summed E-state index contributed by atoms with van der Waals surface area (Å²) < 4.78 is 0. The molecule has 1 heteroatoms. The van der Waals surface area contributed by atoms with Crippen LogP contribution in [0.4, 0.5) is 0 Å². The van der Waals surface area contributed by atoms with Crippen LogP contribution >= 0.6 is 0 Å². The highest BCUT2D eigenvalue weighted by atomic mass is 14.3. The van der Waals surface area contributed by atoms with E-state index in [2.05, 4.69) is 42.5 Å². The Morgan fingerprint density at radius 2 is 1.78 bits per heavy atom. The maximum absolute atomic E-state index is 9.05. The van der Waals surface area contributed by atoms with Gasteiger partial charge in [-0.3, -0.25) is 0 Å². The van der Waals surface area contributed by atoms with E-state index in [-0.39, 0.29) is 0 Å². The van der Waals surface area contributed by atoms with Gasteiger partial charge in [0.05, 0.1) is 11.6 Å². The highest BCUT2D eigenvalue weighted by Gasteiger charge is 2.22. The van der Waals surface area contributed by atoms with E-state index in [1.54, 1.807) is 0 Å². The van der Waals surface area contributed by atoms with E-state index >= 15 is 0 Å². The van der Waals surface area contributed by atoms with E-state index in [1.807, 2.05) is 12.1 Å². The molecule has 1 aliphatic rings. The summed E-state index contributed by atoms with van der Waals surface area (Å²) in [5, 5.41) is 9.05. The van der Waals surface area contributed by atoms with Crippen LogP contribution < -0.4 is 0 Å². The molecule has 0 heterocycles. The third-order valence-electron chi connectivity index (χ3n) is 3.81. The van der Waals surface area contributed by atoms with Crippen LogP contribution in [0.3, 0.4) is 0 Å². The Kier molecular flexibility index (Phi) is 2.86.